The van der Waals surface area contributed by atoms with Crippen molar-refractivity contribution in [2.45, 2.75) is 31.7 Å². The molecule has 0 aliphatic heterocycles. The van der Waals surface area contributed by atoms with Gasteiger partial charge in [-0.15, -0.1) is 0 Å². The summed E-state index contributed by atoms with van der Waals surface area (Å²) in [5.41, 5.74) is 7.95. The lowest BCUT2D eigenvalue weighted by Gasteiger charge is -2.26. The average Bonchev–Trinajstić information content (AvgIpc) is 3.05. The number of anilines is 2. The molecule has 102 valence electrons. The molecule has 0 atom stereocenters. The number of nitrogens with two attached hydrogens (primary N) is 1. The molecule has 1 aliphatic carbocycles. The summed E-state index contributed by atoms with van der Waals surface area (Å²) >= 11 is 0. The van der Waals surface area contributed by atoms with Gasteiger partial charge in [-0.05, 0) is 25.0 Å². The summed E-state index contributed by atoms with van der Waals surface area (Å²) in [6, 6.07) is 6.54. The van der Waals surface area contributed by atoms with Crippen LogP contribution in [0.2, 0.25) is 0 Å². The van der Waals surface area contributed by atoms with Crippen LogP contribution in [0.5, 0.6) is 0 Å². The van der Waals surface area contributed by atoms with E-state index in [0.717, 1.165) is 12.8 Å². The molecule has 1 aromatic heterocycles. The summed E-state index contributed by atoms with van der Waals surface area (Å²) in [6.07, 6.45) is 4.73. The van der Waals surface area contributed by atoms with Crippen molar-refractivity contribution in [2.75, 3.05) is 23.8 Å². The smallest absolute Gasteiger partial charge is 0.298 e. The van der Waals surface area contributed by atoms with E-state index in [1.54, 1.807) is 0 Å². The molecule has 1 heterocycles. The number of para-hydroxylation sites is 1. The Morgan fingerprint density at radius 2 is 2.16 bits per heavy atom. The number of aliphatic hydroxyl groups is 1. The third-order valence-corrected chi connectivity index (χ3v) is 3.79. The molecule has 5 nitrogen and oxygen atoms in total. The Hall–Kier alpha value is -1.75. The fourth-order valence-corrected chi connectivity index (χ4v) is 2.84. The number of nitrogen functional groups attached to an aromatic ring is 1. The summed E-state index contributed by atoms with van der Waals surface area (Å²) in [5.74, 6) is 0. The van der Waals surface area contributed by atoms with E-state index in [0.29, 0.717) is 35.4 Å². The van der Waals surface area contributed by atoms with Gasteiger partial charge >= 0.3 is 0 Å². The second-order valence-electron chi connectivity index (χ2n) is 5.05. The Morgan fingerprint density at radius 1 is 1.37 bits per heavy atom. The zero-order chi connectivity index (χ0) is 13.2. The Labute approximate surface area is 112 Å². The van der Waals surface area contributed by atoms with Gasteiger partial charge in [0, 0.05) is 12.6 Å². The number of oxazole rings is 1. The number of rotatable bonds is 4. The van der Waals surface area contributed by atoms with Gasteiger partial charge in [0.1, 0.15) is 5.52 Å². The molecular formula is C14H19N3O2. The van der Waals surface area contributed by atoms with Crippen LogP contribution in [0.15, 0.2) is 22.6 Å². The van der Waals surface area contributed by atoms with Crippen molar-refractivity contribution in [1.29, 1.82) is 0 Å². The van der Waals surface area contributed by atoms with Gasteiger partial charge in [0.05, 0.1) is 12.3 Å². The first-order chi connectivity index (χ1) is 9.29. The lowest BCUT2D eigenvalue weighted by Crippen LogP contribution is -2.35. The summed E-state index contributed by atoms with van der Waals surface area (Å²) in [7, 11) is 0. The maximum atomic E-state index is 9.25. The first-order valence-electron chi connectivity index (χ1n) is 6.82. The number of hydrogen-bond acceptors (Lipinski definition) is 5. The van der Waals surface area contributed by atoms with Crippen LogP contribution < -0.4 is 10.6 Å². The third-order valence-electron chi connectivity index (χ3n) is 3.79. The highest BCUT2D eigenvalue weighted by Crippen LogP contribution is 2.31. The number of aromatic nitrogens is 1. The summed E-state index contributed by atoms with van der Waals surface area (Å²) in [5, 5.41) is 9.25. The quantitative estimate of drug-likeness (QED) is 0.825. The monoisotopic (exact) mass is 261 g/mol. The molecule has 3 rings (SSSR count). The predicted octanol–water partition coefficient (Wildman–Crippen LogP) is 2.15. The highest BCUT2D eigenvalue weighted by atomic mass is 16.4. The minimum absolute atomic E-state index is 0.102. The number of benzene rings is 1. The number of hydrogen-bond donors (Lipinski definition) is 2. The Kier molecular flexibility index (Phi) is 3.29. The van der Waals surface area contributed by atoms with E-state index < -0.39 is 0 Å². The van der Waals surface area contributed by atoms with Crippen LogP contribution in [0.1, 0.15) is 25.7 Å². The second-order valence-corrected chi connectivity index (χ2v) is 5.05. The van der Waals surface area contributed by atoms with Crippen LogP contribution >= 0.6 is 0 Å². The van der Waals surface area contributed by atoms with Crippen molar-refractivity contribution in [2.24, 2.45) is 0 Å². The lowest BCUT2D eigenvalue weighted by atomic mass is 10.2. The zero-order valence-electron chi connectivity index (χ0n) is 10.9. The molecule has 0 amide bonds. The number of nitrogens with zero attached hydrogens (tertiary/aromatic N) is 2. The van der Waals surface area contributed by atoms with Crippen molar-refractivity contribution in [3.63, 3.8) is 0 Å². The van der Waals surface area contributed by atoms with Gasteiger partial charge in [0.2, 0.25) is 0 Å². The van der Waals surface area contributed by atoms with Gasteiger partial charge in [0.25, 0.3) is 6.01 Å². The van der Waals surface area contributed by atoms with Gasteiger partial charge < -0.3 is 20.2 Å². The molecule has 0 unspecified atom stereocenters. The Balaban J connectivity index is 1.97. The molecule has 1 aliphatic rings. The third kappa shape index (κ3) is 2.26. The molecule has 1 fully saturated rings. The molecule has 1 saturated carbocycles. The van der Waals surface area contributed by atoms with Crippen LogP contribution in [0.4, 0.5) is 11.7 Å². The van der Waals surface area contributed by atoms with E-state index in [1.165, 1.54) is 12.8 Å². The maximum absolute atomic E-state index is 9.25. The Bertz CT molecular complexity index is 561. The molecule has 0 saturated heterocycles. The van der Waals surface area contributed by atoms with Crippen LogP contribution in [-0.4, -0.2) is 29.3 Å². The largest absolute Gasteiger partial charge is 0.423 e. The minimum Gasteiger partial charge on any atom is -0.423 e. The fourth-order valence-electron chi connectivity index (χ4n) is 2.84. The standard InChI is InChI=1S/C14H19N3O2/c15-11-6-3-7-12-13(11)16-14(19-12)17(8-9-18)10-4-1-2-5-10/h3,6-7,10,18H,1-2,4-5,8-9,15H2. The average molecular weight is 261 g/mol. The van der Waals surface area contributed by atoms with E-state index in [4.69, 9.17) is 10.2 Å². The van der Waals surface area contributed by atoms with Crippen molar-refractivity contribution >= 4 is 22.8 Å². The highest BCUT2D eigenvalue weighted by Gasteiger charge is 2.26. The molecule has 3 N–H and O–H groups in total. The van der Waals surface area contributed by atoms with Crippen molar-refractivity contribution in [3.8, 4) is 0 Å². The molecule has 19 heavy (non-hydrogen) atoms. The fraction of sp³-hybridized carbons (Fsp3) is 0.500. The van der Waals surface area contributed by atoms with Gasteiger partial charge in [-0.25, -0.2) is 0 Å². The second kappa shape index (κ2) is 5.09. The van der Waals surface area contributed by atoms with Gasteiger partial charge in [0.15, 0.2) is 5.58 Å². The molecule has 0 bridgehead atoms. The molecule has 0 spiro atoms. The van der Waals surface area contributed by atoms with Crippen molar-refractivity contribution in [1.82, 2.24) is 4.98 Å². The van der Waals surface area contributed by atoms with E-state index in [1.807, 2.05) is 18.2 Å². The van der Waals surface area contributed by atoms with Crippen LogP contribution in [-0.2, 0) is 0 Å². The zero-order valence-corrected chi connectivity index (χ0v) is 10.9. The predicted molar refractivity (Wildman–Crippen MR) is 75.1 cm³/mol. The minimum atomic E-state index is 0.102. The summed E-state index contributed by atoms with van der Waals surface area (Å²) < 4.78 is 5.80. The molecular weight excluding hydrogens is 242 g/mol. The van der Waals surface area contributed by atoms with E-state index >= 15 is 0 Å². The van der Waals surface area contributed by atoms with E-state index in [2.05, 4.69) is 9.88 Å². The van der Waals surface area contributed by atoms with Gasteiger partial charge in [-0.1, -0.05) is 18.9 Å². The topological polar surface area (TPSA) is 75.5 Å². The summed E-state index contributed by atoms with van der Waals surface area (Å²) in [6.45, 7) is 0.655. The normalized spacial score (nSPS) is 16.3. The maximum Gasteiger partial charge on any atom is 0.298 e. The molecule has 2 aromatic rings. The van der Waals surface area contributed by atoms with E-state index in [9.17, 15) is 5.11 Å². The molecule has 1 aromatic carbocycles. The van der Waals surface area contributed by atoms with E-state index in [-0.39, 0.29) is 6.61 Å². The molecule has 0 radical (unpaired) electrons. The number of aliphatic hydroxyl groups excluding tert-OH is 1. The van der Waals surface area contributed by atoms with Crippen LogP contribution in [0.3, 0.4) is 0 Å². The van der Waals surface area contributed by atoms with Gasteiger partial charge in [-0.3, -0.25) is 0 Å². The van der Waals surface area contributed by atoms with Crippen LogP contribution in [0, 0.1) is 0 Å². The van der Waals surface area contributed by atoms with Crippen LogP contribution in [0.25, 0.3) is 11.1 Å². The summed E-state index contributed by atoms with van der Waals surface area (Å²) in [4.78, 5) is 6.57. The number of fused-ring (bicyclic) bond motifs is 1. The Morgan fingerprint density at radius 3 is 2.84 bits per heavy atom. The first kappa shape index (κ1) is 12.3. The van der Waals surface area contributed by atoms with Gasteiger partial charge in [-0.2, -0.15) is 4.98 Å². The van der Waals surface area contributed by atoms with Crippen molar-refractivity contribution < 1.29 is 9.52 Å². The SMILES string of the molecule is Nc1cccc2oc(N(CCO)C3CCCC3)nc12. The highest BCUT2D eigenvalue weighted by molar-refractivity contribution is 5.86. The first-order valence-corrected chi connectivity index (χ1v) is 6.82. The molecule has 5 heteroatoms. The van der Waals surface area contributed by atoms with Crippen molar-refractivity contribution in [3.05, 3.63) is 18.2 Å². The lowest BCUT2D eigenvalue weighted by molar-refractivity contribution is 0.293.